The first-order chi connectivity index (χ1) is 14.2. The molecule has 3 aromatic carbocycles. The first kappa shape index (κ1) is 21.6. The van der Waals surface area contributed by atoms with Crippen molar-refractivity contribution in [2.24, 2.45) is 0 Å². The third kappa shape index (κ3) is 5.48. The van der Waals surface area contributed by atoms with Gasteiger partial charge in [-0.15, -0.1) is 0 Å². The van der Waals surface area contributed by atoms with Crippen LogP contribution >= 0.6 is 0 Å². The highest BCUT2D eigenvalue weighted by Crippen LogP contribution is 2.22. The van der Waals surface area contributed by atoms with Crippen LogP contribution in [0.1, 0.15) is 40.0 Å². The number of nitrogens with one attached hydrogen (secondary N) is 1. The number of sulfonamides is 1. The predicted octanol–water partition coefficient (Wildman–Crippen LogP) is 4.45. The number of carbonyl (C=O) groups is 1. The van der Waals surface area contributed by atoms with E-state index in [0.717, 1.165) is 16.7 Å². The van der Waals surface area contributed by atoms with Crippen molar-refractivity contribution >= 4 is 21.6 Å². The lowest BCUT2D eigenvalue weighted by Gasteiger charge is -2.23. The van der Waals surface area contributed by atoms with Gasteiger partial charge < -0.3 is 5.32 Å². The average Bonchev–Trinajstić information content (AvgIpc) is 2.73. The second-order valence-electron chi connectivity index (χ2n) is 7.41. The number of hydrogen-bond acceptors (Lipinski definition) is 3. The topological polar surface area (TPSA) is 66.5 Å². The third-order valence-corrected chi connectivity index (χ3v) is 6.05. The van der Waals surface area contributed by atoms with E-state index < -0.39 is 10.0 Å². The summed E-state index contributed by atoms with van der Waals surface area (Å²) in [6.07, 6.45) is 1.18. The molecule has 1 N–H and O–H groups in total. The van der Waals surface area contributed by atoms with Gasteiger partial charge in [0.2, 0.25) is 10.0 Å². The summed E-state index contributed by atoms with van der Waals surface area (Å²) in [5.41, 5.74) is 4.02. The molecular formula is C24H26N2O3S. The lowest BCUT2D eigenvalue weighted by atomic mass is 10.1. The highest BCUT2D eigenvalue weighted by molar-refractivity contribution is 7.92. The first-order valence-electron chi connectivity index (χ1n) is 9.73. The van der Waals surface area contributed by atoms with Crippen LogP contribution in [0.4, 0.5) is 5.69 Å². The van der Waals surface area contributed by atoms with E-state index in [0.29, 0.717) is 11.3 Å². The molecule has 1 atom stereocenters. The molecule has 0 fully saturated rings. The number of nitrogens with zero attached hydrogens (tertiary/aromatic N) is 1. The summed E-state index contributed by atoms with van der Waals surface area (Å²) < 4.78 is 26.1. The molecule has 0 saturated carbocycles. The summed E-state index contributed by atoms with van der Waals surface area (Å²) in [7, 11) is -3.48. The standard InChI is InChI=1S/C24H26N2O3S/c1-18-9-11-20(12-10-18)17-26(30(3,28)29)23-15-13-22(14-16-23)24(27)25-19(2)21-7-5-4-6-8-21/h4-16,19H,17H2,1-3H3,(H,25,27)/t19-/m0/s1. The van der Waals surface area contributed by atoms with Crippen molar-refractivity contribution in [3.05, 3.63) is 101 Å². The van der Waals surface area contributed by atoms with Crippen LogP contribution in [-0.4, -0.2) is 20.6 Å². The minimum Gasteiger partial charge on any atom is -0.346 e. The fourth-order valence-corrected chi connectivity index (χ4v) is 4.03. The smallest absolute Gasteiger partial charge is 0.251 e. The molecule has 0 aliphatic carbocycles. The fraction of sp³-hybridized carbons (Fsp3) is 0.208. The van der Waals surface area contributed by atoms with E-state index in [1.54, 1.807) is 24.3 Å². The molecular weight excluding hydrogens is 396 g/mol. The average molecular weight is 423 g/mol. The van der Waals surface area contributed by atoms with Gasteiger partial charge in [0.05, 0.1) is 24.5 Å². The summed E-state index contributed by atoms with van der Waals surface area (Å²) in [5.74, 6) is -0.206. The van der Waals surface area contributed by atoms with Crippen LogP contribution in [0, 0.1) is 6.92 Å². The molecule has 3 aromatic rings. The lowest BCUT2D eigenvalue weighted by molar-refractivity contribution is 0.0940. The monoisotopic (exact) mass is 422 g/mol. The van der Waals surface area contributed by atoms with Crippen LogP contribution in [0.15, 0.2) is 78.9 Å². The quantitative estimate of drug-likeness (QED) is 0.612. The van der Waals surface area contributed by atoms with Gasteiger partial charge in [-0.1, -0.05) is 60.2 Å². The molecule has 0 radical (unpaired) electrons. The molecule has 0 spiro atoms. The number of amides is 1. The van der Waals surface area contributed by atoms with Gasteiger partial charge in [-0.2, -0.15) is 0 Å². The number of anilines is 1. The Kier molecular flexibility index (Phi) is 6.57. The van der Waals surface area contributed by atoms with E-state index in [-0.39, 0.29) is 18.5 Å². The van der Waals surface area contributed by atoms with Gasteiger partial charge in [0, 0.05) is 5.56 Å². The second-order valence-corrected chi connectivity index (χ2v) is 9.31. The van der Waals surface area contributed by atoms with Gasteiger partial charge in [-0.3, -0.25) is 9.10 Å². The van der Waals surface area contributed by atoms with E-state index in [2.05, 4.69) is 5.32 Å². The van der Waals surface area contributed by atoms with Crippen molar-refractivity contribution in [3.8, 4) is 0 Å². The molecule has 0 aliphatic heterocycles. The number of carbonyl (C=O) groups excluding carboxylic acids is 1. The van der Waals surface area contributed by atoms with Crippen LogP contribution < -0.4 is 9.62 Å². The molecule has 0 aromatic heterocycles. The maximum Gasteiger partial charge on any atom is 0.251 e. The molecule has 6 heteroatoms. The Morgan fingerprint density at radius 3 is 2.10 bits per heavy atom. The Labute approximate surface area is 178 Å². The maximum absolute atomic E-state index is 12.6. The van der Waals surface area contributed by atoms with Crippen LogP contribution in [0.5, 0.6) is 0 Å². The summed E-state index contributed by atoms with van der Waals surface area (Å²) >= 11 is 0. The third-order valence-electron chi connectivity index (χ3n) is 4.91. The van der Waals surface area contributed by atoms with Crippen molar-refractivity contribution in [3.63, 3.8) is 0 Å². The zero-order valence-electron chi connectivity index (χ0n) is 17.4. The van der Waals surface area contributed by atoms with Crippen LogP contribution in [0.3, 0.4) is 0 Å². The van der Waals surface area contributed by atoms with Crippen LogP contribution in [0.2, 0.25) is 0 Å². The van der Waals surface area contributed by atoms with Gasteiger partial charge in [0.1, 0.15) is 0 Å². The molecule has 3 rings (SSSR count). The van der Waals surface area contributed by atoms with E-state index in [4.69, 9.17) is 0 Å². The summed E-state index contributed by atoms with van der Waals surface area (Å²) in [5, 5.41) is 2.97. The van der Waals surface area contributed by atoms with Crippen LogP contribution in [0.25, 0.3) is 0 Å². The second kappa shape index (κ2) is 9.13. The summed E-state index contributed by atoms with van der Waals surface area (Å²) in [4.78, 5) is 12.6. The molecule has 5 nitrogen and oxygen atoms in total. The normalized spacial score (nSPS) is 12.2. The Bertz CT molecular complexity index is 1090. The molecule has 0 saturated heterocycles. The highest BCUT2D eigenvalue weighted by Gasteiger charge is 2.19. The van der Waals surface area contributed by atoms with Gasteiger partial charge in [-0.25, -0.2) is 8.42 Å². The maximum atomic E-state index is 12.6. The predicted molar refractivity (Wildman–Crippen MR) is 121 cm³/mol. The number of aryl methyl sites for hydroxylation is 1. The van der Waals surface area contributed by atoms with Crippen molar-refractivity contribution in [2.75, 3.05) is 10.6 Å². The number of rotatable bonds is 7. The van der Waals surface area contributed by atoms with E-state index in [1.165, 1.54) is 10.6 Å². The molecule has 1 amide bonds. The minimum atomic E-state index is -3.48. The number of benzene rings is 3. The number of hydrogen-bond donors (Lipinski definition) is 1. The van der Waals surface area contributed by atoms with E-state index in [1.807, 2.05) is 68.4 Å². The zero-order chi connectivity index (χ0) is 21.7. The zero-order valence-corrected chi connectivity index (χ0v) is 18.2. The Hall–Kier alpha value is -3.12. The van der Waals surface area contributed by atoms with Crippen molar-refractivity contribution in [2.45, 2.75) is 26.4 Å². The van der Waals surface area contributed by atoms with Crippen molar-refractivity contribution in [1.29, 1.82) is 0 Å². The largest absolute Gasteiger partial charge is 0.346 e. The molecule has 0 heterocycles. The van der Waals surface area contributed by atoms with Crippen molar-refractivity contribution < 1.29 is 13.2 Å². The first-order valence-corrected chi connectivity index (χ1v) is 11.6. The van der Waals surface area contributed by atoms with E-state index in [9.17, 15) is 13.2 Å². The molecule has 0 unspecified atom stereocenters. The van der Waals surface area contributed by atoms with E-state index >= 15 is 0 Å². The van der Waals surface area contributed by atoms with Gasteiger partial charge in [0.25, 0.3) is 5.91 Å². The molecule has 0 aliphatic rings. The van der Waals surface area contributed by atoms with Crippen LogP contribution in [-0.2, 0) is 16.6 Å². The summed E-state index contributed by atoms with van der Waals surface area (Å²) in [6, 6.07) is 24.0. The Morgan fingerprint density at radius 2 is 1.53 bits per heavy atom. The Balaban J connectivity index is 1.76. The van der Waals surface area contributed by atoms with Gasteiger partial charge in [-0.05, 0) is 49.2 Å². The molecule has 0 bridgehead atoms. The summed E-state index contributed by atoms with van der Waals surface area (Å²) in [6.45, 7) is 4.14. The molecule has 30 heavy (non-hydrogen) atoms. The SMILES string of the molecule is Cc1ccc(CN(c2ccc(C(=O)N[C@@H](C)c3ccccc3)cc2)S(C)(=O)=O)cc1. The Morgan fingerprint density at radius 1 is 0.933 bits per heavy atom. The highest BCUT2D eigenvalue weighted by atomic mass is 32.2. The molecule has 156 valence electrons. The van der Waals surface area contributed by atoms with Crippen molar-refractivity contribution in [1.82, 2.24) is 5.32 Å². The van der Waals surface area contributed by atoms with Gasteiger partial charge >= 0.3 is 0 Å². The van der Waals surface area contributed by atoms with Gasteiger partial charge in [0.15, 0.2) is 0 Å². The fourth-order valence-electron chi connectivity index (χ4n) is 3.14. The minimum absolute atomic E-state index is 0.132. The lowest BCUT2D eigenvalue weighted by Crippen LogP contribution is -2.29.